The molecule has 1 fully saturated rings. The van der Waals surface area contributed by atoms with Crippen LogP contribution in [0.5, 0.6) is 0 Å². The first-order chi connectivity index (χ1) is 7.56. The number of halogens is 2. The molecule has 0 N–H and O–H groups in total. The summed E-state index contributed by atoms with van der Waals surface area (Å²) in [5, 5.41) is 0.568. The molecule has 0 bridgehead atoms. The topological polar surface area (TPSA) is 20.3 Å². The lowest BCUT2D eigenvalue weighted by molar-refractivity contribution is -0.116. The van der Waals surface area contributed by atoms with E-state index in [0.717, 1.165) is 12.1 Å². The number of hydrogen-bond acceptors (Lipinski definition) is 2. The zero-order chi connectivity index (χ0) is 11.7. The zero-order valence-electron chi connectivity index (χ0n) is 9.09. The zero-order valence-corrected chi connectivity index (χ0v) is 9.85. The highest BCUT2D eigenvalue weighted by molar-refractivity contribution is 6.31. The summed E-state index contributed by atoms with van der Waals surface area (Å²) in [6, 6.07) is 3.09. The molecule has 1 heterocycles. The average molecular weight is 242 g/mol. The van der Waals surface area contributed by atoms with Crippen molar-refractivity contribution >= 4 is 17.4 Å². The molecule has 1 aromatic rings. The lowest BCUT2D eigenvalue weighted by atomic mass is 10.1. The Morgan fingerprint density at radius 3 is 2.88 bits per heavy atom. The van der Waals surface area contributed by atoms with Gasteiger partial charge in [0.25, 0.3) is 0 Å². The Morgan fingerprint density at radius 1 is 1.50 bits per heavy atom. The van der Waals surface area contributed by atoms with E-state index in [4.69, 9.17) is 11.6 Å². The summed E-state index contributed by atoms with van der Waals surface area (Å²) in [6.45, 7) is 3.42. The summed E-state index contributed by atoms with van der Waals surface area (Å²) >= 11 is 6.04. The van der Waals surface area contributed by atoms with Gasteiger partial charge >= 0.3 is 0 Å². The van der Waals surface area contributed by atoms with Crippen molar-refractivity contribution in [1.82, 2.24) is 4.90 Å². The van der Waals surface area contributed by atoms with Gasteiger partial charge in [-0.05, 0) is 30.2 Å². The number of Topliss-reactive ketones (excluding diaryl/α,β-unsaturated/α-hetero) is 1. The van der Waals surface area contributed by atoms with Crippen molar-refractivity contribution in [3.05, 3.63) is 34.1 Å². The lowest BCUT2D eigenvalue weighted by Crippen LogP contribution is -2.20. The number of hydrogen-bond donors (Lipinski definition) is 0. The number of carbonyl (C=O) groups excluding carboxylic acids is 1. The van der Waals surface area contributed by atoms with E-state index in [1.165, 1.54) is 6.07 Å². The number of nitrogens with zero attached hydrogens (tertiary/aromatic N) is 1. The number of ketones is 1. The summed E-state index contributed by atoms with van der Waals surface area (Å²) in [4.78, 5) is 13.1. The molecule has 0 radical (unpaired) electrons. The SMILES string of the molecule is Cc1cc(Cl)c(CN2CCC(=O)C2)cc1F. The molecule has 1 aromatic carbocycles. The first-order valence-electron chi connectivity index (χ1n) is 5.25. The number of benzene rings is 1. The van der Waals surface area contributed by atoms with Crippen LogP contribution in [-0.2, 0) is 11.3 Å². The second-order valence-corrected chi connectivity index (χ2v) is 4.60. The van der Waals surface area contributed by atoms with Gasteiger partial charge in [-0.1, -0.05) is 11.6 Å². The highest BCUT2D eigenvalue weighted by atomic mass is 35.5. The van der Waals surface area contributed by atoms with Gasteiger partial charge in [-0.3, -0.25) is 9.69 Å². The van der Waals surface area contributed by atoms with E-state index in [9.17, 15) is 9.18 Å². The van der Waals surface area contributed by atoms with E-state index in [2.05, 4.69) is 0 Å². The summed E-state index contributed by atoms with van der Waals surface area (Å²) in [7, 11) is 0. The first-order valence-corrected chi connectivity index (χ1v) is 5.62. The van der Waals surface area contributed by atoms with Gasteiger partial charge in [0.1, 0.15) is 11.6 Å². The van der Waals surface area contributed by atoms with E-state index in [1.54, 1.807) is 13.0 Å². The molecule has 1 aliphatic rings. The van der Waals surface area contributed by atoms with Gasteiger partial charge < -0.3 is 0 Å². The smallest absolute Gasteiger partial charge is 0.148 e. The van der Waals surface area contributed by atoms with Crippen LogP contribution in [0.1, 0.15) is 17.5 Å². The van der Waals surface area contributed by atoms with Crippen LogP contribution in [0.2, 0.25) is 5.02 Å². The van der Waals surface area contributed by atoms with Gasteiger partial charge in [-0.25, -0.2) is 4.39 Å². The van der Waals surface area contributed by atoms with Crippen molar-refractivity contribution in [3.63, 3.8) is 0 Å². The minimum atomic E-state index is -0.245. The van der Waals surface area contributed by atoms with E-state index < -0.39 is 0 Å². The molecule has 0 spiro atoms. The van der Waals surface area contributed by atoms with Crippen molar-refractivity contribution < 1.29 is 9.18 Å². The van der Waals surface area contributed by atoms with E-state index in [1.807, 2.05) is 4.90 Å². The molecule has 0 unspecified atom stereocenters. The molecule has 4 heteroatoms. The monoisotopic (exact) mass is 241 g/mol. The third-order valence-electron chi connectivity index (χ3n) is 2.83. The highest BCUT2D eigenvalue weighted by Crippen LogP contribution is 2.22. The van der Waals surface area contributed by atoms with Crippen molar-refractivity contribution in [2.24, 2.45) is 0 Å². The summed E-state index contributed by atoms with van der Waals surface area (Å²) in [6.07, 6.45) is 0.589. The minimum absolute atomic E-state index is 0.240. The van der Waals surface area contributed by atoms with Crippen molar-refractivity contribution in [2.45, 2.75) is 19.9 Å². The summed E-state index contributed by atoms with van der Waals surface area (Å²) in [5.41, 5.74) is 1.30. The first kappa shape index (κ1) is 11.6. The Morgan fingerprint density at radius 2 is 2.25 bits per heavy atom. The number of likely N-dealkylation sites (tertiary alicyclic amines) is 1. The fraction of sp³-hybridized carbons (Fsp3) is 0.417. The predicted octanol–water partition coefficient (Wildman–Crippen LogP) is 2.56. The number of carbonyl (C=O) groups is 1. The van der Waals surface area contributed by atoms with Crippen LogP contribution in [-0.4, -0.2) is 23.8 Å². The van der Waals surface area contributed by atoms with Crippen molar-refractivity contribution in [2.75, 3.05) is 13.1 Å². The van der Waals surface area contributed by atoms with Crippen LogP contribution in [0.15, 0.2) is 12.1 Å². The van der Waals surface area contributed by atoms with Gasteiger partial charge in [0.05, 0.1) is 6.54 Å². The molecule has 0 aliphatic carbocycles. The highest BCUT2D eigenvalue weighted by Gasteiger charge is 2.20. The van der Waals surface area contributed by atoms with Gasteiger partial charge in [-0.15, -0.1) is 0 Å². The molecule has 0 saturated carbocycles. The van der Waals surface area contributed by atoms with Crippen LogP contribution in [0.25, 0.3) is 0 Å². The molecule has 2 nitrogen and oxygen atoms in total. The predicted molar refractivity (Wildman–Crippen MR) is 61.0 cm³/mol. The molecule has 86 valence electrons. The molecule has 0 amide bonds. The molecule has 16 heavy (non-hydrogen) atoms. The second-order valence-electron chi connectivity index (χ2n) is 4.19. The van der Waals surface area contributed by atoms with Crippen LogP contribution >= 0.6 is 11.6 Å². The van der Waals surface area contributed by atoms with Gasteiger partial charge in [-0.2, -0.15) is 0 Å². The van der Waals surface area contributed by atoms with Gasteiger partial charge in [0, 0.05) is 24.5 Å². The summed E-state index contributed by atoms with van der Waals surface area (Å²) in [5.74, 6) is -0.00590. The van der Waals surface area contributed by atoms with Crippen molar-refractivity contribution in [3.8, 4) is 0 Å². The maximum absolute atomic E-state index is 13.4. The van der Waals surface area contributed by atoms with E-state index >= 15 is 0 Å². The van der Waals surface area contributed by atoms with Crippen LogP contribution in [0.4, 0.5) is 4.39 Å². The summed E-state index contributed by atoms with van der Waals surface area (Å²) < 4.78 is 13.4. The molecular formula is C12H13ClFNO. The Kier molecular flexibility index (Phi) is 3.26. The average Bonchev–Trinajstić information content (AvgIpc) is 2.60. The van der Waals surface area contributed by atoms with Crippen LogP contribution < -0.4 is 0 Å². The quantitative estimate of drug-likeness (QED) is 0.793. The lowest BCUT2D eigenvalue weighted by Gasteiger charge is -2.15. The maximum atomic E-state index is 13.4. The van der Waals surface area contributed by atoms with E-state index in [0.29, 0.717) is 30.1 Å². The molecule has 2 rings (SSSR count). The molecule has 0 atom stereocenters. The van der Waals surface area contributed by atoms with Crippen molar-refractivity contribution in [1.29, 1.82) is 0 Å². The maximum Gasteiger partial charge on any atom is 0.148 e. The Hall–Kier alpha value is -0.930. The third kappa shape index (κ3) is 2.42. The van der Waals surface area contributed by atoms with E-state index in [-0.39, 0.29) is 11.6 Å². The second kappa shape index (κ2) is 4.52. The van der Waals surface area contributed by atoms with Crippen LogP contribution in [0, 0.1) is 12.7 Å². The number of aryl methyl sites for hydroxylation is 1. The Labute approximate surface area is 99.0 Å². The van der Waals surface area contributed by atoms with Crippen LogP contribution in [0.3, 0.4) is 0 Å². The minimum Gasteiger partial charge on any atom is -0.298 e. The molecule has 1 aliphatic heterocycles. The Balaban J connectivity index is 2.15. The standard InChI is InChI=1S/C12H13ClFNO/c1-8-4-11(13)9(5-12(8)14)6-15-3-2-10(16)7-15/h4-5H,2-3,6-7H2,1H3. The fourth-order valence-electron chi connectivity index (χ4n) is 1.87. The third-order valence-corrected chi connectivity index (χ3v) is 3.18. The van der Waals surface area contributed by atoms with Gasteiger partial charge in [0.15, 0.2) is 0 Å². The normalized spacial score (nSPS) is 17.1. The molecular weight excluding hydrogens is 229 g/mol. The molecule has 0 aromatic heterocycles. The van der Waals surface area contributed by atoms with Gasteiger partial charge in [0.2, 0.25) is 0 Å². The number of rotatable bonds is 2. The largest absolute Gasteiger partial charge is 0.298 e. The molecule has 1 saturated heterocycles. The fourth-order valence-corrected chi connectivity index (χ4v) is 2.15. The Bertz CT molecular complexity index is 433.